The van der Waals surface area contributed by atoms with Crippen molar-refractivity contribution in [2.45, 2.75) is 33.3 Å². The van der Waals surface area contributed by atoms with Crippen molar-refractivity contribution >= 4 is 11.7 Å². The van der Waals surface area contributed by atoms with E-state index in [1.165, 1.54) is 12.5 Å². The fraction of sp³-hybridized carbons (Fsp3) is 0.333. The van der Waals surface area contributed by atoms with Crippen LogP contribution in [-0.2, 0) is 11.2 Å². The molecule has 1 aromatic carbocycles. The lowest BCUT2D eigenvalue weighted by atomic mass is 10.1. The van der Waals surface area contributed by atoms with Gasteiger partial charge >= 0.3 is 5.97 Å². The third-order valence-electron chi connectivity index (χ3n) is 3.34. The highest BCUT2D eigenvalue weighted by Crippen LogP contribution is 2.26. The molecule has 2 rings (SSSR count). The van der Waals surface area contributed by atoms with Gasteiger partial charge in [0.15, 0.2) is 12.1 Å². The molecule has 0 unspecified atom stereocenters. The van der Waals surface area contributed by atoms with E-state index in [9.17, 15) is 14.9 Å². The third kappa shape index (κ3) is 3.13. The van der Waals surface area contributed by atoms with Crippen LogP contribution in [-0.4, -0.2) is 15.9 Å². The zero-order chi connectivity index (χ0) is 16.3. The number of aromatic nitrogens is 1. The topological polar surface area (TPSA) is 95.5 Å². The van der Waals surface area contributed by atoms with Crippen LogP contribution in [0.5, 0.6) is 0 Å². The number of nitro benzene ring substituents is 1. The van der Waals surface area contributed by atoms with Crippen molar-refractivity contribution in [3.05, 3.63) is 57.3 Å². The Labute approximate surface area is 127 Å². The van der Waals surface area contributed by atoms with Crippen LogP contribution in [0.4, 0.5) is 5.69 Å². The number of hydrogen-bond acceptors (Lipinski definition) is 6. The number of ether oxygens (including phenoxy) is 1. The van der Waals surface area contributed by atoms with E-state index in [-0.39, 0.29) is 11.4 Å². The molecule has 1 aromatic heterocycles. The molecular formula is C15H16N2O5. The first-order chi connectivity index (χ1) is 10.4. The first-order valence-corrected chi connectivity index (χ1v) is 6.82. The first kappa shape index (κ1) is 15.7. The summed E-state index contributed by atoms with van der Waals surface area (Å²) < 4.78 is 10.4. The second kappa shape index (κ2) is 6.38. The summed E-state index contributed by atoms with van der Waals surface area (Å²) in [6, 6.07) is 4.74. The maximum absolute atomic E-state index is 12.1. The van der Waals surface area contributed by atoms with E-state index >= 15 is 0 Å². The average Bonchev–Trinajstić information content (AvgIpc) is 2.95. The van der Waals surface area contributed by atoms with E-state index in [0.29, 0.717) is 23.3 Å². The molecule has 7 nitrogen and oxygen atoms in total. The quantitative estimate of drug-likeness (QED) is 0.477. The van der Waals surface area contributed by atoms with Crippen molar-refractivity contribution in [1.29, 1.82) is 0 Å². The molecule has 0 bridgehead atoms. The van der Waals surface area contributed by atoms with Crippen LogP contribution in [0.15, 0.2) is 29.0 Å². The molecular weight excluding hydrogens is 288 g/mol. The summed E-state index contributed by atoms with van der Waals surface area (Å²) in [4.78, 5) is 26.4. The summed E-state index contributed by atoms with van der Waals surface area (Å²) in [5.74, 6) is -0.159. The molecule has 0 spiro atoms. The summed E-state index contributed by atoms with van der Waals surface area (Å²) in [6.45, 7) is 5.14. The number of rotatable bonds is 5. The maximum Gasteiger partial charge on any atom is 0.361 e. The van der Waals surface area contributed by atoms with Gasteiger partial charge in [-0.3, -0.25) is 10.1 Å². The zero-order valence-corrected chi connectivity index (χ0v) is 12.5. The maximum atomic E-state index is 12.1. The Balaban J connectivity index is 2.19. The van der Waals surface area contributed by atoms with Crippen LogP contribution < -0.4 is 0 Å². The highest BCUT2D eigenvalue weighted by molar-refractivity contribution is 5.88. The van der Waals surface area contributed by atoms with Gasteiger partial charge in [-0.15, -0.1) is 0 Å². The number of oxazole rings is 1. The van der Waals surface area contributed by atoms with Gasteiger partial charge in [0.25, 0.3) is 5.69 Å². The second-order valence-corrected chi connectivity index (χ2v) is 4.83. The minimum absolute atomic E-state index is 0.00363. The molecule has 0 fully saturated rings. The Morgan fingerprint density at radius 2 is 2.23 bits per heavy atom. The molecule has 116 valence electrons. The van der Waals surface area contributed by atoms with Gasteiger partial charge in [0.1, 0.15) is 11.9 Å². The van der Waals surface area contributed by atoms with E-state index < -0.39 is 17.0 Å². The normalized spacial score (nSPS) is 12.0. The van der Waals surface area contributed by atoms with Gasteiger partial charge in [-0.2, -0.15) is 0 Å². The largest absolute Gasteiger partial charge is 0.453 e. The zero-order valence-electron chi connectivity index (χ0n) is 12.5. The number of aryl methyl sites for hydroxylation is 2. The Bertz CT molecular complexity index is 708. The van der Waals surface area contributed by atoms with Crippen LogP contribution >= 0.6 is 0 Å². The van der Waals surface area contributed by atoms with Crippen molar-refractivity contribution in [3.63, 3.8) is 0 Å². The van der Waals surface area contributed by atoms with Crippen LogP contribution in [0, 0.1) is 17.0 Å². The molecule has 0 radical (unpaired) electrons. The standard InChI is InChI=1S/C15H16N2O5/c1-4-13-14(16-8-21-13)15(18)22-10(3)11-6-5-9(2)12(7-11)17(19)20/h5-8,10H,4H2,1-3H3/t10-/m1/s1. The van der Waals surface area contributed by atoms with E-state index in [4.69, 9.17) is 9.15 Å². The van der Waals surface area contributed by atoms with Gasteiger partial charge in [0.2, 0.25) is 0 Å². The fourth-order valence-electron chi connectivity index (χ4n) is 2.05. The molecule has 0 amide bonds. The molecule has 22 heavy (non-hydrogen) atoms. The number of nitrogens with zero attached hydrogens (tertiary/aromatic N) is 2. The minimum Gasteiger partial charge on any atom is -0.453 e. The molecule has 7 heteroatoms. The van der Waals surface area contributed by atoms with Gasteiger partial charge < -0.3 is 9.15 Å². The van der Waals surface area contributed by atoms with Gasteiger partial charge in [-0.05, 0) is 19.4 Å². The van der Waals surface area contributed by atoms with Gasteiger partial charge in [0, 0.05) is 18.1 Å². The van der Waals surface area contributed by atoms with Crippen molar-refractivity contribution in [2.75, 3.05) is 0 Å². The molecule has 0 N–H and O–H groups in total. The Hall–Kier alpha value is -2.70. The number of hydrogen-bond donors (Lipinski definition) is 0. The van der Waals surface area contributed by atoms with Crippen molar-refractivity contribution in [3.8, 4) is 0 Å². The number of esters is 1. The monoisotopic (exact) mass is 304 g/mol. The fourth-order valence-corrected chi connectivity index (χ4v) is 2.05. The summed E-state index contributed by atoms with van der Waals surface area (Å²) in [6.07, 6.45) is 1.08. The lowest BCUT2D eigenvalue weighted by Crippen LogP contribution is -2.11. The molecule has 0 saturated heterocycles. The summed E-state index contributed by atoms with van der Waals surface area (Å²) in [5.41, 5.74) is 1.23. The van der Waals surface area contributed by atoms with Gasteiger partial charge in [-0.1, -0.05) is 19.1 Å². The number of carbonyl (C=O) groups excluding carboxylic acids is 1. The molecule has 0 aliphatic rings. The lowest BCUT2D eigenvalue weighted by Gasteiger charge is -2.13. The molecule has 0 saturated carbocycles. The van der Waals surface area contributed by atoms with Crippen LogP contribution in [0.25, 0.3) is 0 Å². The summed E-state index contributed by atoms with van der Waals surface area (Å²) in [7, 11) is 0. The van der Waals surface area contributed by atoms with Crippen LogP contribution in [0.3, 0.4) is 0 Å². The molecule has 1 atom stereocenters. The smallest absolute Gasteiger partial charge is 0.361 e. The third-order valence-corrected chi connectivity index (χ3v) is 3.34. The lowest BCUT2D eigenvalue weighted by molar-refractivity contribution is -0.385. The molecule has 0 aliphatic carbocycles. The van der Waals surface area contributed by atoms with Crippen LogP contribution in [0.2, 0.25) is 0 Å². The number of carbonyl (C=O) groups is 1. The summed E-state index contributed by atoms with van der Waals surface area (Å²) >= 11 is 0. The Kier molecular flexibility index (Phi) is 4.55. The average molecular weight is 304 g/mol. The van der Waals surface area contributed by atoms with E-state index in [2.05, 4.69) is 4.98 Å². The predicted octanol–water partition coefficient (Wildman–Crippen LogP) is 3.37. The Morgan fingerprint density at radius 3 is 2.86 bits per heavy atom. The summed E-state index contributed by atoms with van der Waals surface area (Å²) in [5, 5.41) is 11.0. The van der Waals surface area contributed by atoms with Crippen LogP contribution in [0.1, 0.15) is 47.3 Å². The van der Waals surface area contributed by atoms with Crippen molar-refractivity contribution in [1.82, 2.24) is 4.98 Å². The highest BCUT2D eigenvalue weighted by atomic mass is 16.6. The number of nitro groups is 1. The van der Waals surface area contributed by atoms with Gasteiger partial charge in [0.05, 0.1) is 4.92 Å². The van der Waals surface area contributed by atoms with E-state index in [1.54, 1.807) is 26.0 Å². The predicted molar refractivity (Wildman–Crippen MR) is 77.5 cm³/mol. The van der Waals surface area contributed by atoms with E-state index in [0.717, 1.165) is 0 Å². The van der Waals surface area contributed by atoms with Crippen molar-refractivity contribution < 1.29 is 18.9 Å². The molecule has 0 aliphatic heterocycles. The van der Waals surface area contributed by atoms with Gasteiger partial charge in [-0.25, -0.2) is 9.78 Å². The highest BCUT2D eigenvalue weighted by Gasteiger charge is 2.21. The molecule has 2 aromatic rings. The van der Waals surface area contributed by atoms with Crippen molar-refractivity contribution in [2.24, 2.45) is 0 Å². The van der Waals surface area contributed by atoms with E-state index in [1.807, 2.05) is 6.92 Å². The Morgan fingerprint density at radius 1 is 1.50 bits per heavy atom. The molecule has 1 heterocycles. The second-order valence-electron chi connectivity index (χ2n) is 4.83. The first-order valence-electron chi connectivity index (χ1n) is 6.82. The SMILES string of the molecule is CCc1ocnc1C(=O)O[C@H](C)c1ccc(C)c([N+](=O)[O-])c1. The number of benzene rings is 1. The minimum atomic E-state index is -0.631.